The maximum Gasteiger partial charge on any atom is 0.137 e. The van der Waals surface area contributed by atoms with E-state index in [4.69, 9.17) is 11.6 Å². The van der Waals surface area contributed by atoms with Gasteiger partial charge in [0.1, 0.15) is 10.9 Å². The van der Waals surface area contributed by atoms with Crippen molar-refractivity contribution in [1.29, 1.82) is 0 Å². The summed E-state index contributed by atoms with van der Waals surface area (Å²) in [5.74, 6) is 0.193. The number of benzene rings is 2. The van der Waals surface area contributed by atoms with E-state index in [0.29, 0.717) is 5.15 Å². The third-order valence-electron chi connectivity index (χ3n) is 3.26. The second kappa shape index (κ2) is 4.56. The van der Waals surface area contributed by atoms with E-state index in [1.807, 2.05) is 18.2 Å². The van der Waals surface area contributed by atoms with Gasteiger partial charge in [0.15, 0.2) is 0 Å². The molecule has 0 fully saturated rings. The van der Waals surface area contributed by atoms with Gasteiger partial charge in [-0.1, -0.05) is 35.9 Å². The molecule has 0 atom stereocenters. The predicted octanol–water partition coefficient (Wildman–Crippen LogP) is 4.57. The Kier molecular flexibility index (Phi) is 2.88. The molecule has 94 valence electrons. The fourth-order valence-corrected chi connectivity index (χ4v) is 2.49. The number of phenols is 1. The fourth-order valence-electron chi connectivity index (χ4n) is 2.29. The number of nitrogens with zero attached hydrogens (tertiary/aromatic N) is 1. The Morgan fingerprint density at radius 1 is 1.00 bits per heavy atom. The maximum atomic E-state index is 9.58. The molecule has 0 aliphatic heterocycles. The van der Waals surface area contributed by atoms with Crippen LogP contribution in [-0.4, -0.2) is 10.1 Å². The molecule has 1 heterocycles. The van der Waals surface area contributed by atoms with Gasteiger partial charge in [-0.2, -0.15) is 0 Å². The van der Waals surface area contributed by atoms with Gasteiger partial charge in [0.2, 0.25) is 0 Å². The number of hydrogen-bond acceptors (Lipinski definition) is 2. The van der Waals surface area contributed by atoms with E-state index in [1.165, 1.54) is 5.56 Å². The lowest BCUT2D eigenvalue weighted by atomic mass is 9.97. The lowest BCUT2D eigenvalue weighted by Crippen LogP contribution is -1.88. The van der Waals surface area contributed by atoms with Gasteiger partial charge in [0.25, 0.3) is 0 Å². The number of hydrogen-bond donors (Lipinski definition) is 1. The number of phenolic OH excluding ortho intramolecular Hbond substituents is 1. The minimum Gasteiger partial charge on any atom is -0.508 e. The molecule has 0 spiro atoms. The monoisotopic (exact) mass is 269 g/mol. The summed E-state index contributed by atoms with van der Waals surface area (Å²) < 4.78 is 0. The number of pyridine rings is 1. The third kappa shape index (κ3) is 2.04. The molecule has 0 amide bonds. The Labute approximate surface area is 116 Å². The van der Waals surface area contributed by atoms with Crippen LogP contribution in [0.15, 0.2) is 48.7 Å². The first-order valence-corrected chi connectivity index (χ1v) is 6.38. The van der Waals surface area contributed by atoms with Crippen molar-refractivity contribution in [1.82, 2.24) is 4.98 Å². The first-order chi connectivity index (χ1) is 9.16. The van der Waals surface area contributed by atoms with E-state index in [1.54, 1.807) is 18.3 Å². The first kappa shape index (κ1) is 12.0. The zero-order valence-electron chi connectivity index (χ0n) is 10.4. The molecule has 0 saturated carbocycles. The average molecular weight is 270 g/mol. The lowest BCUT2D eigenvalue weighted by Gasteiger charge is -2.10. The van der Waals surface area contributed by atoms with Gasteiger partial charge in [0, 0.05) is 17.1 Å². The number of rotatable bonds is 1. The zero-order valence-corrected chi connectivity index (χ0v) is 11.1. The number of fused-ring (bicyclic) bond motifs is 1. The molecule has 1 aromatic heterocycles. The van der Waals surface area contributed by atoms with E-state index < -0.39 is 0 Å². The lowest BCUT2D eigenvalue weighted by molar-refractivity contribution is 0.476. The Balaban J connectivity index is 2.37. The average Bonchev–Trinajstić information content (AvgIpc) is 2.41. The van der Waals surface area contributed by atoms with Gasteiger partial charge >= 0.3 is 0 Å². The van der Waals surface area contributed by atoms with E-state index in [2.05, 4.69) is 24.0 Å². The zero-order chi connectivity index (χ0) is 13.4. The van der Waals surface area contributed by atoms with Crippen LogP contribution in [0.2, 0.25) is 5.15 Å². The molecule has 2 aromatic carbocycles. The number of aryl methyl sites for hydroxylation is 1. The Hall–Kier alpha value is -2.06. The highest BCUT2D eigenvalue weighted by Crippen LogP contribution is 2.34. The minimum atomic E-state index is 0.193. The smallest absolute Gasteiger partial charge is 0.137 e. The SMILES string of the molecule is Cc1ccccc1-c1cnc(Cl)c2cc(O)ccc12. The third-order valence-corrected chi connectivity index (χ3v) is 3.56. The number of halogens is 1. The van der Waals surface area contributed by atoms with Crippen LogP contribution in [0.5, 0.6) is 5.75 Å². The maximum absolute atomic E-state index is 9.58. The van der Waals surface area contributed by atoms with Crippen LogP contribution in [0.3, 0.4) is 0 Å². The van der Waals surface area contributed by atoms with Gasteiger partial charge in [-0.05, 0) is 41.6 Å². The van der Waals surface area contributed by atoms with E-state index >= 15 is 0 Å². The molecular formula is C16H12ClNO. The standard InChI is InChI=1S/C16H12ClNO/c1-10-4-2-3-5-12(10)15-9-18-16(17)14-8-11(19)6-7-13(14)15/h2-9,19H,1H3. The van der Waals surface area contributed by atoms with Gasteiger partial charge in [-0.3, -0.25) is 0 Å². The molecule has 2 nitrogen and oxygen atoms in total. The van der Waals surface area contributed by atoms with E-state index in [0.717, 1.165) is 21.9 Å². The second-order valence-electron chi connectivity index (χ2n) is 4.51. The summed E-state index contributed by atoms with van der Waals surface area (Å²) in [4.78, 5) is 4.22. The van der Waals surface area contributed by atoms with Gasteiger partial charge in [-0.25, -0.2) is 4.98 Å². The predicted molar refractivity (Wildman–Crippen MR) is 78.6 cm³/mol. The molecule has 19 heavy (non-hydrogen) atoms. The molecule has 3 rings (SSSR count). The van der Waals surface area contributed by atoms with Crippen LogP contribution in [-0.2, 0) is 0 Å². The van der Waals surface area contributed by atoms with Crippen molar-refractivity contribution >= 4 is 22.4 Å². The summed E-state index contributed by atoms with van der Waals surface area (Å²) in [6.07, 6.45) is 1.78. The second-order valence-corrected chi connectivity index (χ2v) is 4.87. The van der Waals surface area contributed by atoms with Gasteiger partial charge < -0.3 is 5.11 Å². The van der Waals surface area contributed by atoms with Crippen molar-refractivity contribution in [2.45, 2.75) is 6.92 Å². The highest BCUT2D eigenvalue weighted by atomic mass is 35.5. The summed E-state index contributed by atoms with van der Waals surface area (Å²) in [6, 6.07) is 13.3. The van der Waals surface area contributed by atoms with Crippen LogP contribution < -0.4 is 0 Å². The first-order valence-electron chi connectivity index (χ1n) is 6.00. The van der Waals surface area contributed by atoms with Crippen molar-refractivity contribution in [3.05, 3.63) is 59.4 Å². The highest BCUT2D eigenvalue weighted by Gasteiger charge is 2.10. The van der Waals surface area contributed by atoms with Crippen LogP contribution in [0.4, 0.5) is 0 Å². The molecule has 0 aliphatic rings. The molecule has 3 aromatic rings. The molecule has 0 aliphatic carbocycles. The van der Waals surface area contributed by atoms with Crippen molar-refractivity contribution in [2.75, 3.05) is 0 Å². The normalized spacial score (nSPS) is 10.8. The largest absolute Gasteiger partial charge is 0.508 e. The van der Waals surface area contributed by atoms with E-state index in [9.17, 15) is 5.11 Å². The Bertz CT molecular complexity index is 768. The van der Waals surface area contributed by atoms with Crippen LogP contribution >= 0.6 is 11.6 Å². The van der Waals surface area contributed by atoms with E-state index in [-0.39, 0.29) is 5.75 Å². The summed E-state index contributed by atoms with van der Waals surface area (Å²) >= 11 is 6.11. The van der Waals surface area contributed by atoms with Crippen LogP contribution in [0.25, 0.3) is 21.9 Å². The molecule has 1 N–H and O–H groups in total. The molecule has 3 heteroatoms. The van der Waals surface area contributed by atoms with Crippen molar-refractivity contribution < 1.29 is 5.11 Å². The number of aromatic hydroxyl groups is 1. The van der Waals surface area contributed by atoms with Crippen molar-refractivity contribution in [2.24, 2.45) is 0 Å². The Morgan fingerprint density at radius 2 is 1.79 bits per heavy atom. The summed E-state index contributed by atoms with van der Waals surface area (Å²) in [6.45, 7) is 2.07. The topological polar surface area (TPSA) is 33.1 Å². The molecule has 0 radical (unpaired) electrons. The number of aromatic nitrogens is 1. The van der Waals surface area contributed by atoms with Gasteiger partial charge in [0.05, 0.1) is 0 Å². The summed E-state index contributed by atoms with van der Waals surface area (Å²) in [5, 5.41) is 11.7. The highest BCUT2D eigenvalue weighted by molar-refractivity contribution is 6.34. The molecule has 0 bridgehead atoms. The van der Waals surface area contributed by atoms with Crippen LogP contribution in [0.1, 0.15) is 5.56 Å². The molecule has 0 unspecified atom stereocenters. The van der Waals surface area contributed by atoms with Gasteiger partial charge in [-0.15, -0.1) is 0 Å². The summed E-state index contributed by atoms with van der Waals surface area (Å²) in [7, 11) is 0. The minimum absolute atomic E-state index is 0.193. The van der Waals surface area contributed by atoms with Crippen molar-refractivity contribution in [3.8, 4) is 16.9 Å². The van der Waals surface area contributed by atoms with Crippen molar-refractivity contribution in [3.63, 3.8) is 0 Å². The molecule has 0 saturated heterocycles. The quantitative estimate of drug-likeness (QED) is 0.657. The summed E-state index contributed by atoms with van der Waals surface area (Å²) in [5.41, 5.74) is 3.33. The Morgan fingerprint density at radius 3 is 2.58 bits per heavy atom. The van der Waals surface area contributed by atoms with Crippen LogP contribution in [0, 0.1) is 6.92 Å². The fraction of sp³-hybridized carbons (Fsp3) is 0.0625. The molecular weight excluding hydrogens is 258 g/mol.